The number of nitrogens with zero attached hydrogens (tertiary/aromatic N) is 1. The van der Waals surface area contributed by atoms with Crippen LogP contribution in [0, 0.1) is 5.92 Å². The standard InChI is InChI=1S/C15H21NO/c1-4-12-10-13-8-6-7-9-15(13)16(11(3)17)14(12)5-2/h6-9,12,14H,4-5,10H2,1-3H3/t12?,14-/m0/s1. The van der Waals surface area contributed by atoms with Gasteiger partial charge in [-0.25, -0.2) is 0 Å². The quantitative estimate of drug-likeness (QED) is 0.764. The van der Waals surface area contributed by atoms with E-state index < -0.39 is 0 Å². The molecule has 1 aliphatic rings. The van der Waals surface area contributed by atoms with Gasteiger partial charge in [-0.15, -0.1) is 0 Å². The van der Waals surface area contributed by atoms with Crippen LogP contribution in [-0.4, -0.2) is 11.9 Å². The van der Waals surface area contributed by atoms with Gasteiger partial charge in [0.15, 0.2) is 0 Å². The van der Waals surface area contributed by atoms with E-state index in [1.54, 1.807) is 6.92 Å². The molecule has 0 aromatic heterocycles. The summed E-state index contributed by atoms with van der Waals surface area (Å²) in [6, 6.07) is 8.68. The summed E-state index contributed by atoms with van der Waals surface area (Å²) in [5.74, 6) is 0.765. The molecule has 1 aliphatic heterocycles. The lowest BCUT2D eigenvalue weighted by Gasteiger charge is -2.41. The molecular weight excluding hydrogens is 210 g/mol. The van der Waals surface area contributed by atoms with E-state index in [2.05, 4.69) is 32.0 Å². The molecule has 0 radical (unpaired) electrons. The molecular formula is C15H21NO. The maximum atomic E-state index is 11.9. The van der Waals surface area contributed by atoms with Crippen molar-refractivity contribution in [2.75, 3.05) is 4.90 Å². The van der Waals surface area contributed by atoms with Crippen molar-refractivity contribution in [1.82, 2.24) is 0 Å². The highest BCUT2D eigenvalue weighted by Crippen LogP contribution is 2.36. The minimum atomic E-state index is 0.169. The zero-order valence-electron chi connectivity index (χ0n) is 10.9. The van der Waals surface area contributed by atoms with Gasteiger partial charge < -0.3 is 4.90 Å². The van der Waals surface area contributed by atoms with E-state index in [1.165, 1.54) is 5.56 Å². The third-order valence-corrected chi connectivity index (χ3v) is 3.89. The number of amides is 1. The normalized spacial score (nSPS) is 23.4. The average molecular weight is 231 g/mol. The Hall–Kier alpha value is -1.31. The van der Waals surface area contributed by atoms with Gasteiger partial charge in [0.2, 0.25) is 5.91 Å². The van der Waals surface area contributed by atoms with E-state index in [0.29, 0.717) is 12.0 Å². The van der Waals surface area contributed by atoms with Crippen molar-refractivity contribution in [3.63, 3.8) is 0 Å². The van der Waals surface area contributed by atoms with Crippen molar-refractivity contribution in [3.8, 4) is 0 Å². The number of benzene rings is 1. The molecule has 1 heterocycles. The molecule has 0 N–H and O–H groups in total. The molecule has 2 atom stereocenters. The monoisotopic (exact) mass is 231 g/mol. The Balaban J connectivity index is 2.47. The summed E-state index contributed by atoms with van der Waals surface area (Å²) in [5.41, 5.74) is 2.44. The summed E-state index contributed by atoms with van der Waals surface area (Å²) in [5, 5.41) is 0. The van der Waals surface area contributed by atoms with E-state index in [4.69, 9.17) is 0 Å². The van der Waals surface area contributed by atoms with Gasteiger partial charge in [-0.3, -0.25) is 4.79 Å². The van der Waals surface area contributed by atoms with Crippen LogP contribution < -0.4 is 4.90 Å². The molecule has 2 rings (SSSR count). The van der Waals surface area contributed by atoms with Crippen LogP contribution in [0.2, 0.25) is 0 Å². The van der Waals surface area contributed by atoms with Crippen LogP contribution in [0.3, 0.4) is 0 Å². The van der Waals surface area contributed by atoms with Crippen molar-refractivity contribution in [1.29, 1.82) is 0 Å². The lowest BCUT2D eigenvalue weighted by molar-refractivity contribution is -0.117. The van der Waals surface area contributed by atoms with E-state index >= 15 is 0 Å². The molecule has 1 aromatic rings. The Morgan fingerprint density at radius 2 is 2.00 bits per heavy atom. The SMILES string of the molecule is CCC1Cc2ccccc2N(C(C)=O)[C@H]1CC. The number of para-hydroxylation sites is 1. The van der Waals surface area contributed by atoms with Crippen LogP contribution in [0.15, 0.2) is 24.3 Å². The van der Waals surface area contributed by atoms with Crippen LogP contribution in [0.25, 0.3) is 0 Å². The van der Waals surface area contributed by atoms with Gasteiger partial charge in [0.05, 0.1) is 0 Å². The fraction of sp³-hybridized carbons (Fsp3) is 0.533. The van der Waals surface area contributed by atoms with Crippen LogP contribution in [-0.2, 0) is 11.2 Å². The Morgan fingerprint density at radius 3 is 2.59 bits per heavy atom. The second-order valence-electron chi connectivity index (χ2n) is 4.87. The van der Waals surface area contributed by atoms with Crippen molar-refractivity contribution >= 4 is 11.6 Å². The molecule has 17 heavy (non-hydrogen) atoms. The highest BCUT2D eigenvalue weighted by molar-refractivity contribution is 5.93. The smallest absolute Gasteiger partial charge is 0.224 e. The topological polar surface area (TPSA) is 20.3 Å². The lowest BCUT2D eigenvalue weighted by Crippen LogP contribution is -2.47. The van der Waals surface area contributed by atoms with Crippen LogP contribution in [0.5, 0.6) is 0 Å². The summed E-state index contributed by atoms with van der Waals surface area (Å²) < 4.78 is 0. The molecule has 0 fully saturated rings. The summed E-state index contributed by atoms with van der Waals surface area (Å²) in [4.78, 5) is 13.9. The van der Waals surface area contributed by atoms with Gasteiger partial charge in [0.25, 0.3) is 0 Å². The highest BCUT2D eigenvalue weighted by Gasteiger charge is 2.33. The second kappa shape index (κ2) is 4.91. The van der Waals surface area contributed by atoms with Gasteiger partial charge in [0, 0.05) is 18.7 Å². The van der Waals surface area contributed by atoms with E-state index in [9.17, 15) is 4.79 Å². The molecule has 0 saturated heterocycles. The first kappa shape index (κ1) is 12.2. The van der Waals surface area contributed by atoms with Crippen molar-refractivity contribution in [2.24, 2.45) is 5.92 Å². The molecule has 1 unspecified atom stereocenters. The number of fused-ring (bicyclic) bond motifs is 1. The predicted molar refractivity (Wildman–Crippen MR) is 71.2 cm³/mol. The summed E-state index contributed by atoms with van der Waals surface area (Å²) in [7, 11) is 0. The van der Waals surface area contributed by atoms with Crippen LogP contribution in [0.1, 0.15) is 39.2 Å². The maximum Gasteiger partial charge on any atom is 0.224 e. The lowest BCUT2D eigenvalue weighted by atomic mass is 9.82. The first-order valence-electron chi connectivity index (χ1n) is 6.56. The van der Waals surface area contributed by atoms with Gasteiger partial charge >= 0.3 is 0 Å². The zero-order valence-corrected chi connectivity index (χ0v) is 10.9. The first-order valence-corrected chi connectivity index (χ1v) is 6.56. The average Bonchev–Trinajstić information content (AvgIpc) is 2.35. The Labute approximate surface area is 104 Å². The fourth-order valence-electron chi connectivity index (χ4n) is 3.06. The van der Waals surface area contributed by atoms with Crippen molar-refractivity contribution in [3.05, 3.63) is 29.8 Å². The minimum Gasteiger partial charge on any atom is -0.309 e. The van der Waals surface area contributed by atoms with E-state index in [0.717, 1.165) is 24.9 Å². The second-order valence-corrected chi connectivity index (χ2v) is 4.87. The van der Waals surface area contributed by atoms with Crippen LogP contribution in [0.4, 0.5) is 5.69 Å². The third-order valence-electron chi connectivity index (χ3n) is 3.89. The molecule has 1 aromatic carbocycles. The van der Waals surface area contributed by atoms with Gasteiger partial charge in [0.1, 0.15) is 0 Å². The number of hydrogen-bond acceptors (Lipinski definition) is 1. The van der Waals surface area contributed by atoms with Crippen molar-refractivity contribution < 1.29 is 4.79 Å². The van der Waals surface area contributed by atoms with Crippen molar-refractivity contribution in [2.45, 2.75) is 46.1 Å². The zero-order chi connectivity index (χ0) is 12.4. The number of anilines is 1. The van der Waals surface area contributed by atoms with Gasteiger partial charge in [-0.1, -0.05) is 38.5 Å². The maximum absolute atomic E-state index is 11.9. The predicted octanol–water partition coefficient (Wildman–Crippen LogP) is 3.40. The summed E-state index contributed by atoms with van der Waals surface area (Å²) >= 11 is 0. The van der Waals surface area contributed by atoms with E-state index in [-0.39, 0.29) is 5.91 Å². The molecule has 2 heteroatoms. The van der Waals surface area contributed by atoms with Gasteiger partial charge in [-0.2, -0.15) is 0 Å². The number of hydrogen-bond donors (Lipinski definition) is 0. The number of carbonyl (C=O) groups is 1. The molecule has 0 aliphatic carbocycles. The summed E-state index contributed by atoms with van der Waals surface area (Å²) in [6.45, 7) is 6.08. The third kappa shape index (κ3) is 2.08. The largest absolute Gasteiger partial charge is 0.309 e. The Bertz CT molecular complexity index is 413. The Kier molecular flexibility index (Phi) is 3.51. The highest BCUT2D eigenvalue weighted by atomic mass is 16.2. The molecule has 1 amide bonds. The molecule has 0 saturated carbocycles. The molecule has 0 spiro atoms. The van der Waals surface area contributed by atoms with E-state index in [1.807, 2.05) is 11.0 Å². The molecule has 92 valence electrons. The van der Waals surface area contributed by atoms with Gasteiger partial charge in [-0.05, 0) is 30.4 Å². The molecule has 0 bridgehead atoms. The fourth-order valence-corrected chi connectivity index (χ4v) is 3.06. The molecule has 2 nitrogen and oxygen atoms in total. The number of rotatable bonds is 2. The summed E-state index contributed by atoms with van der Waals surface area (Å²) in [6.07, 6.45) is 3.28. The Morgan fingerprint density at radius 1 is 1.29 bits per heavy atom. The number of carbonyl (C=O) groups excluding carboxylic acids is 1. The first-order chi connectivity index (χ1) is 8.19. The van der Waals surface area contributed by atoms with Crippen LogP contribution >= 0.6 is 0 Å². The minimum absolute atomic E-state index is 0.169.